The number of aliphatic hydroxyl groups excluding tert-OH is 2. The average molecular weight is 864 g/mol. The summed E-state index contributed by atoms with van der Waals surface area (Å²) in [4.78, 5) is 24.5. The van der Waals surface area contributed by atoms with E-state index in [2.05, 4.69) is 19.2 Å². The third-order valence-corrected chi connectivity index (χ3v) is 13.2. The maximum absolute atomic E-state index is 12.5. The van der Waals surface area contributed by atoms with Gasteiger partial charge in [-0.15, -0.1) is 0 Å². The first kappa shape index (κ1) is 59.9. The predicted molar refractivity (Wildman–Crippen MR) is 264 cm³/mol. The van der Waals surface area contributed by atoms with Crippen molar-refractivity contribution < 1.29 is 24.5 Å². The highest BCUT2D eigenvalue weighted by Crippen LogP contribution is 2.18. The van der Waals surface area contributed by atoms with Crippen LogP contribution in [-0.2, 0) is 14.3 Å². The molecule has 0 aliphatic rings. The molecule has 0 rings (SSSR count). The van der Waals surface area contributed by atoms with Crippen LogP contribution >= 0.6 is 0 Å². The molecule has 0 bridgehead atoms. The molecule has 2 atom stereocenters. The Kier molecular flexibility index (Phi) is 50.5. The van der Waals surface area contributed by atoms with E-state index in [0.717, 1.165) is 44.9 Å². The summed E-state index contributed by atoms with van der Waals surface area (Å²) in [6, 6.07) is -0.546. The summed E-state index contributed by atoms with van der Waals surface area (Å²) in [5, 5.41) is 23.3. The monoisotopic (exact) mass is 864 g/mol. The van der Waals surface area contributed by atoms with Gasteiger partial charge in [-0.25, -0.2) is 0 Å². The van der Waals surface area contributed by atoms with Gasteiger partial charge in [-0.1, -0.05) is 277 Å². The molecule has 2 unspecified atom stereocenters. The molecule has 0 aromatic rings. The number of amides is 1. The minimum Gasteiger partial charge on any atom is -0.466 e. The van der Waals surface area contributed by atoms with Gasteiger partial charge in [0, 0.05) is 12.8 Å². The lowest BCUT2D eigenvalue weighted by Gasteiger charge is -2.22. The molecule has 3 N–H and O–H groups in total. The standard InChI is InChI=1S/C55H109NO5/c1-3-5-7-9-11-13-15-17-18-19-21-24-27-31-35-39-43-47-53(58)52(51-57)56-54(59)48-44-40-36-32-28-25-22-20-23-26-30-34-38-42-46-50-61-55(60)49-45-41-37-33-29-16-14-12-10-8-6-4-2/h52-53,57-58H,3-51H2,1-2H3,(H,56,59). The van der Waals surface area contributed by atoms with Crippen LogP contribution in [0.2, 0.25) is 0 Å². The molecule has 6 heteroatoms. The van der Waals surface area contributed by atoms with Gasteiger partial charge in [0.25, 0.3) is 0 Å². The van der Waals surface area contributed by atoms with Gasteiger partial charge < -0.3 is 20.3 Å². The molecule has 0 spiro atoms. The summed E-state index contributed by atoms with van der Waals surface area (Å²) in [5.74, 6) is -0.0381. The van der Waals surface area contributed by atoms with Gasteiger partial charge in [0.1, 0.15) is 0 Å². The van der Waals surface area contributed by atoms with E-state index in [1.807, 2.05) is 0 Å². The van der Waals surface area contributed by atoms with Gasteiger partial charge in [0.05, 0.1) is 25.4 Å². The van der Waals surface area contributed by atoms with Crippen LogP contribution in [0.25, 0.3) is 0 Å². The van der Waals surface area contributed by atoms with Crippen LogP contribution in [0.5, 0.6) is 0 Å². The largest absolute Gasteiger partial charge is 0.466 e. The number of carbonyl (C=O) groups excluding carboxylic acids is 2. The fourth-order valence-corrected chi connectivity index (χ4v) is 8.88. The summed E-state index contributed by atoms with van der Waals surface area (Å²) >= 11 is 0. The number of hydrogen-bond donors (Lipinski definition) is 3. The van der Waals surface area contributed by atoms with Crippen LogP contribution in [0.1, 0.15) is 316 Å². The van der Waals surface area contributed by atoms with E-state index >= 15 is 0 Å². The number of nitrogens with one attached hydrogen (secondary N) is 1. The van der Waals surface area contributed by atoms with Crippen molar-refractivity contribution in [2.75, 3.05) is 13.2 Å². The van der Waals surface area contributed by atoms with Gasteiger partial charge in [-0.3, -0.25) is 9.59 Å². The smallest absolute Gasteiger partial charge is 0.305 e. The Morgan fingerprint density at radius 3 is 1.00 bits per heavy atom. The number of rotatable bonds is 52. The van der Waals surface area contributed by atoms with E-state index in [9.17, 15) is 19.8 Å². The molecule has 0 aromatic heterocycles. The van der Waals surface area contributed by atoms with E-state index in [0.29, 0.717) is 25.9 Å². The third kappa shape index (κ3) is 48.2. The van der Waals surface area contributed by atoms with Gasteiger partial charge in [-0.05, 0) is 25.7 Å². The van der Waals surface area contributed by atoms with Crippen molar-refractivity contribution >= 4 is 11.9 Å². The number of aliphatic hydroxyl groups is 2. The highest BCUT2D eigenvalue weighted by Gasteiger charge is 2.20. The Morgan fingerprint density at radius 1 is 0.393 bits per heavy atom. The number of hydrogen-bond acceptors (Lipinski definition) is 5. The van der Waals surface area contributed by atoms with E-state index in [-0.39, 0.29) is 18.5 Å². The van der Waals surface area contributed by atoms with Crippen LogP contribution in [-0.4, -0.2) is 47.4 Å². The first-order valence-corrected chi connectivity index (χ1v) is 27.8. The van der Waals surface area contributed by atoms with E-state index in [4.69, 9.17) is 4.74 Å². The molecular weight excluding hydrogens is 755 g/mol. The van der Waals surface area contributed by atoms with Crippen molar-refractivity contribution in [2.24, 2.45) is 0 Å². The summed E-state index contributed by atoms with van der Waals surface area (Å²) in [5.41, 5.74) is 0. The van der Waals surface area contributed by atoms with Crippen molar-refractivity contribution in [1.29, 1.82) is 0 Å². The van der Waals surface area contributed by atoms with E-state index in [1.54, 1.807) is 0 Å². The molecular formula is C55H109NO5. The summed E-state index contributed by atoms with van der Waals surface area (Å²) in [7, 11) is 0. The van der Waals surface area contributed by atoms with Gasteiger partial charge in [0.2, 0.25) is 5.91 Å². The highest BCUT2D eigenvalue weighted by molar-refractivity contribution is 5.76. The molecule has 0 fully saturated rings. The normalized spacial score (nSPS) is 12.5. The fraction of sp³-hybridized carbons (Fsp3) is 0.964. The Balaban J connectivity index is 3.42. The van der Waals surface area contributed by atoms with Crippen molar-refractivity contribution in [2.45, 2.75) is 328 Å². The van der Waals surface area contributed by atoms with Gasteiger partial charge >= 0.3 is 5.97 Å². The maximum atomic E-state index is 12.5. The van der Waals surface area contributed by atoms with E-state index < -0.39 is 12.1 Å². The quantitative estimate of drug-likeness (QED) is 0.0418. The summed E-state index contributed by atoms with van der Waals surface area (Å²) < 4.78 is 5.46. The summed E-state index contributed by atoms with van der Waals surface area (Å²) in [6.45, 7) is 4.96. The van der Waals surface area contributed by atoms with Gasteiger partial charge in [0.15, 0.2) is 0 Å². The number of unbranched alkanes of at least 4 members (excludes halogenated alkanes) is 41. The fourth-order valence-electron chi connectivity index (χ4n) is 8.88. The van der Waals surface area contributed by atoms with Crippen LogP contribution in [0.15, 0.2) is 0 Å². The van der Waals surface area contributed by atoms with Crippen LogP contribution in [0.3, 0.4) is 0 Å². The molecule has 6 nitrogen and oxygen atoms in total. The van der Waals surface area contributed by atoms with Crippen molar-refractivity contribution in [1.82, 2.24) is 5.32 Å². The Labute approximate surface area is 381 Å². The zero-order valence-corrected chi connectivity index (χ0v) is 41.4. The van der Waals surface area contributed by atoms with Crippen molar-refractivity contribution in [3.8, 4) is 0 Å². The maximum Gasteiger partial charge on any atom is 0.305 e. The zero-order valence-electron chi connectivity index (χ0n) is 41.4. The van der Waals surface area contributed by atoms with Crippen LogP contribution < -0.4 is 5.32 Å². The second kappa shape index (κ2) is 51.5. The molecule has 0 aliphatic heterocycles. The molecule has 61 heavy (non-hydrogen) atoms. The molecule has 0 aromatic carbocycles. The van der Waals surface area contributed by atoms with Crippen molar-refractivity contribution in [3.63, 3.8) is 0 Å². The second-order valence-corrected chi connectivity index (χ2v) is 19.3. The number of ether oxygens (including phenoxy) is 1. The molecule has 0 aliphatic carbocycles. The second-order valence-electron chi connectivity index (χ2n) is 19.3. The lowest BCUT2D eigenvalue weighted by Crippen LogP contribution is -2.45. The molecule has 1 amide bonds. The minimum absolute atomic E-state index is 0.00229. The Morgan fingerprint density at radius 2 is 0.672 bits per heavy atom. The molecule has 364 valence electrons. The summed E-state index contributed by atoms with van der Waals surface area (Å²) in [6.07, 6.45) is 57.9. The lowest BCUT2D eigenvalue weighted by molar-refractivity contribution is -0.143. The number of esters is 1. The average Bonchev–Trinajstić information content (AvgIpc) is 3.26. The van der Waals surface area contributed by atoms with Gasteiger partial charge in [-0.2, -0.15) is 0 Å². The van der Waals surface area contributed by atoms with Crippen LogP contribution in [0.4, 0.5) is 0 Å². The lowest BCUT2D eigenvalue weighted by atomic mass is 10.0. The topological polar surface area (TPSA) is 95.9 Å². The van der Waals surface area contributed by atoms with Crippen LogP contribution in [0, 0.1) is 0 Å². The molecule has 0 saturated heterocycles. The number of carbonyl (C=O) groups is 2. The van der Waals surface area contributed by atoms with Crippen molar-refractivity contribution in [3.05, 3.63) is 0 Å². The first-order chi connectivity index (χ1) is 30.0. The Hall–Kier alpha value is -1.14. The predicted octanol–water partition coefficient (Wildman–Crippen LogP) is 16.7. The van der Waals surface area contributed by atoms with E-state index in [1.165, 1.54) is 238 Å². The zero-order chi connectivity index (χ0) is 44.4. The highest BCUT2D eigenvalue weighted by atomic mass is 16.5. The molecule has 0 radical (unpaired) electrons. The third-order valence-electron chi connectivity index (χ3n) is 13.2. The molecule has 0 heterocycles. The first-order valence-electron chi connectivity index (χ1n) is 27.8. The molecule has 0 saturated carbocycles. The minimum atomic E-state index is -0.668. The Bertz CT molecular complexity index is 867. The SMILES string of the molecule is CCCCCCCCCCCCCCCCCCCC(O)C(CO)NC(=O)CCCCCCCCCCCCCCCCCOC(=O)CCCCCCCCCCCCCC.